The molecule has 1 aromatic heterocycles. The van der Waals surface area contributed by atoms with Gasteiger partial charge in [0, 0.05) is 24.1 Å². The van der Waals surface area contributed by atoms with Crippen LogP contribution in [0.1, 0.15) is 29.4 Å². The van der Waals surface area contributed by atoms with Crippen LogP contribution >= 0.6 is 0 Å². The summed E-state index contributed by atoms with van der Waals surface area (Å²) in [4.78, 5) is 40.9. The van der Waals surface area contributed by atoms with Gasteiger partial charge in [0.2, 0.25) is 0 Å². The number of benzene rings is 2. The number of para-hydroxylation sites is 2. The number of nitrogens with zero attached hydrogens (tertiary/aromatic N) is 3. The third-order valence-electron chi connectivity index (χ3n) is 5.84. The number of aryl methyl sites for hydroxylation is 2. The van der Waals surface area contributed by atoms with Gasteiger partial charge in [0.15, 0.2) is 0 Å². The lowest BCUT2D eigenvalue weighted by Crippen LogP contribution is -2.55. The molecule has 0 bridgehead atoms. The second-order valence-corrected chi connectivity index (χ2v) is 7.83. The smallest absolute Gasteiger partial charge is 0.318 e. The Hall–Kier alpha value is -3.93. The fraction of sp³-hybridized carbons (Fsp3) is 0.192. The van der Waals surface area contributed by atoms with Crippen LogP contribution in [0, 0.1) is 13.8 Å². The monoisotopic (exact) mass is 427 g/mol. The summed E-state index contributed by atoms with van der Waals surface area (Å²) in [7, 11) is 1.39. The number of likely N-dealkylation sites (N-methyl/N-ethyl adjacent to an activating group) is 1. The maximum Gasteiger partial charge on any atom is 0.338 e. The SMILES string of the molecule is CCc1ccccc1-n1c(C)cc(/C=C2\C(=O)N(C)C(=O)N(c3ccccc3)C2=O)c1C. The molecule has 0 atom stereocenters. The number of hydrogen-bond donors (Lipinski definition) is 0. The van der Waals surface area contributed by atoms with E-state index >= 15 is 0 Å². The van der Waals surface area contributed by atoms with Gasteiger partial charge in [-0.05, 0) is 61.7 Å². The number of amides is 4. The Bertz CT molecular complexity index is 1250. The molecule has 3 aromatic rings. The van der Waals surface area contributed by atoms with Gasteiger partial charge in [-0.15, -0.1) is 0 Å². The average molecular weight is 428 g/mol. The summed E-state index contributed by atoms with van der Waals surface area (Å²) in [5.41, 5.74) is 5.35. The highest BCUT2D eigenvalue weighted by Gasteiger charge is 2.41. The molecule has 0 unspecified atom stereocenters. The van der Waals surface area contributed by atoms with Crippen molar-refractivity contribution in [2.45, 2.75) is 27.2 Å². The van der Waals surface area contributed by atoms with Crippen molar-refractivity contribution in [2.75, 3.05) is 11.9 Å². The molecule has 0 aliphatic carbocycles. The van der Waals surface area contributed by atoms with Crippen LogP contribution in [0.5, 0.6) is 0 Å². The number of barbiturate groups is 1. The zero-order valence-corrected chi connectivity index (χ0v) is 18.6. The fourth-order valence-corrected chi connectivity index (χ4v) is 4.13. The largest absolute Gasteiger partial charge is 0.338 e. The third-order valence-corrected chi connectivity index (χ3v) is 5.84. The molecule has 0 spiro atoms. The fourth-order valence-electron chi connectivity index (χ4n) is 4.13. The van der Waals surface area contributed by atoms with E-state index in [4.69, 9.17) is 0 Å². The molecule has 1 saturated heterocycles. The summed E-state index contributed by atoms with van der Waals surface area (Å²) in [5.74, 6) is -1.23. The molecule has 2 aromatic carbocycles. The standard InChI is InChI=1S/C26H25N3O3/c1-5-19-11-9-10-14-23(19)28-17(2)15-20(18(28)3)16-22-24(30)27(4)26(32)29(25(22)31)21-12-7-6-8-13-21/h6-16H,5H2,1-4H3/b22-16+. The van der Waals surface area contributed by atoms with Crippen molar-refractivity contribution in [3.8, 4) is 5.69 Å². The van der Waals surface area contributed by atoms with E-state index in [9.17, 15) is 14.4 Å². The van der Waals surface area contributed by atoms with Crippen molar-refractivity contribution in [3.05, 3.63) is 88.8 Å². The third kappa shape index (κ3) is 3.43. The molecule has 6 heteroatoms. The van der Waals surface area contributed by atoms with E-state index < -0.39 is 17.8 Å². The first-order chi connectivity index (χ1) is 15.3. The van der Waals surface area contributed by atoms with Gasteiger partial charge in [-0.1, -0.05) is 43.3 Å². The van der Waals surface area contributed by atoms with Crippen LogP contribution < -0.4 is 4.90 Å². The zero-order valence-electron chi connectivity index (χ0n) is 18.6. The topological polar surface area (TPSA) is 62.6 Å². The van der Waals surface area contributed by atoms with Gasteiger partial charge in [-0.25, -0.2) is 9.69 Å². The van der Waals surface area contributed by atoms with Crippen molar-refractivity contribution < 1.29 is 14.4 Å². The highest BCUT2D eigenvalue weighted by Crippen LogP contribution is 2.28. The first kappa shape index (κ1) is 21.3. The van der Waals surface area contributed by atoms with Crippen LogP contribution in [-0.2, 0) is 16.0 Å². The summed E-state index contributed by atoms with van der Waals surface area (Å²) in [6.07, 6.45) is 2.48. The highest BCUT2D eigenvalue weighted by molar-refractivity contribution is 6.39. The van der Waals surface area contributed by atoms with Gasteiger partial charge >= 0.3 is 6.03 Å². The molecule has 1 aliphatic rings. The summed E-state index contributed by atoms with van der Waals surface area (Å²) >= 11 is 0. The van der Waals surface area contributed by atoms with Crippen LogP contribution in [0.3, 0.4) is 0 Å². The maximum absolute atomic E-state index is 13.3. The van der Waals surface area contributed by atoms with Crippen LogP contribution in [0.25, 0.3) is 11.8 Å². The first-order valence-electron chi connectivity index (χ1n) is 10.6. The molecule has 4 amide bonds. The lowest BCUT2D eigenvalue weighted by Gasteiger charge is -2.31. The Morgan fingerprint density at radius 3 is 2.22 bits per heavy atom. The Morgan fingerprint density at radius 2 is 1.53 bits per heavy atom. The number of anilines is 1. The first-order valence-corrected chi connectivity index (χ1v) is 10.6. The molecule has 1 aliphatic heterocycles. The van der Waals surface area contributed by atoms with Crippen LogP contribution in [0.15, 0.2) is 66.2 Å². The average Bonchev–Trinajstić information content (AvgIpc) is 3.08. The molecule has 1 fully saturated rings. The Morgan fingerprint density at radius 1 is 0.875 bits per heavy atom. The van der Waals surface area contributed by atoms with Gasteiger partial charge in [-0.2, -0.15) is 0 Å². The van der Waals surface area contributed by atoms with Gasteiger partial charge in [0.25, 0.3) is 11.8 Å². The molecule has 4 rings (SSSR count). The number of carbonyl (C=O) groups excluding carboxylic acids is 3. The lowest BCUT2D eigenvalue weighted by atomic mass is 10.1. The molecular formula is C26H25N3O3. The summed E-state index contributed by atoms with van der Waals surface area (Å²) in [6.45, 7) is 6.07. The molecule has 32 heavy (non-hydrogen) atoms. The number of imide groups is 2. The molecule has 0 radical (unpaired) electrons. The minimum Gasteiger partial charge on any atom is -0.318 e. The zero-order chi connectivity index (χ0) is 23.0. The van der Waals surface area contributed by atoms with Gasteiger partial charge < -0.3 is 4.57 Å². The van der Waals surface area contributed by atoms with E-state index in [1.165, 1.54) is 12.6 Å². The van der Waals surface area contributed by atoms with Crippen molar-refractivity contribution >= 4 is 29.6 Å². The molecule has 162 valence electrons. The van der Waals surface area contributed by atoms with Gasteiger partial charge in [0.05, 0.1) is 5.69 Å². The number of aromatic nitrogens is 1. The predicted molar refractivity (Wildman–Crippen MR) is 125 cm³/mol. The lowest BCUT2D eigenvalue weighted by molar-refractivity contribution is -0.128. The Kier molecular flexibility index (Phi) is 5.53. The molecule has 0 N–H and O–H groups in total. The van der Waals surface area contributed by atoms with Gasteiger partial charge in [0.1, 0.15) is 5.57 Å². The minimum atomic E-state index is -0.661. The highest BCUT2D eigenvalue weighted by atomic mass is 16.2. The number of rotatable bonds is 4. The van der Waals surface area contributed by atoms with Crippen molar-refractivity contribution in [3.63, 3.8) is 0 Å². The second kappa shape index (κ2) is 8.30. The Labute approximate surface area is 187 Å². The summed E-state index contributed by atoms with van der Waals surface area (Å²) in [6, 6.07) is 18.1. The van der Waals surface area contributed by atoms with E-state index in [2.05, 4.69) is 23.6 Å². The van der Waals surface area contributed by atoms with Gasteiger partial charge in [-0.3, -0.25) is 14.5 Å². The van der Waals surface area contributed by atoms with E-state index in [1.54, 1.807) is 36.4 Å². The number of carbonyl (C=O) groups is 3. The van der Waals surface area contributed by atoms with Crippen molar-refractivity contribution in [1.82, 2.24) is 9.47 Å². The quantitative estimate of drug-likeness (QED) is 0.449. The number of hydrogen-bond acceptors (Lipinski definition) is 3. The van der Waals surface area contributed by atoms with E-state index in [-0.39, 0.29) is 5.57 Å². The molecule has 0 saturated carbocycles. The summed E-state index contributed by atoms with van der Waals surface area (Å²) < 4.78 is 2.13. The van der Waals surface area contributed by atoms with Crippen LogP contribution in [0.2, 0.25) is 0 Å². The summed E-state index contributed by atoms with van der Waals surface area (Å²) in [5, 5.41) is 0. The van der Waals surface area contributed by atoms with Crippen molar-refractivity contribution in [1.29, 1.82) is 0 Å². The minimum absolute atomic E-state index is 0.0417. The van der Waals surface area contributed by atoms with Crippen molar-refractivity contribution in [2.24, 2.45) is 0 Å². The molecular weight excluding hydrogens is 402 g/mol. The van der Waals surface area contributed by atoms with Crippen LogP contribution in [-0.4, -0.2) is 34.4 Å². The normalized spacial score (nSPS) is 15.8. The maximum atomic E-state index is 13.3. The van der Waals surface area contributed by atoms with Crippen LogP contribution in [0.4, 0.5) is 10.5 Å². The molecule has 2 heterocycles. The second-order valence-electron chi connectivity index (χ2n) is 7.83. The predicted octanol–water partition coefficient (Wildman–Crippen LogP) is 4.67. The molecule has 6 nitrogen and oxygen atoms in total. The van der Waals surface area contributed by atoms with E-state index in [0.717, 1.165) is 38.9 Å². The Balaban J connectivity index is 1.82. The van der Waals surface area contributed by atoms with E-state index in [1.807, 2.05) is 32.0 Å². The number of urea groups is 1. The van der Waals surface area contributed by atoms with E-state index in [0.29, 0.717) is 5.69 Å².